The Hall–Kier alpha value is -1.28. The lowest BCUT2D eigenvalue weighted by atomic mass is 10.0. The molecule has 2 heterocycles. The molecular weight excluding hydrogens is 318 g/mol. The van der Waals surface area contributed by atoms with Gasteiger partial charge in [0.1, 0.15) is 0 Å². The van der Waals surface area contributed by atoms with Crippen LogP contribution in [0, 0.1) is 0 Å². The fraction of sp³-hybridized carbons (Fsp3) is 0.444. The maximum Gasteiger partial charge on any atom is 0.0655 e. The van der Waals surface area contributed by atoms with Crippen molar-refractivity contribution >= 4 is 11.3 Å². The number of likely N-dealkylation sites (N-methyl/N-ethyl adjacent to an activating group) is 1. The molecule has 0 saturated carbocycles. The molecule has 1 aromatic heterocycles. The van der Waals surface area contributed by atoms with Gasteiger partial charge in [-0.25, -0.2) is 10.9 Å². The molecule has 0 spiro atoms. The van der Waals surface area contributed by atoms with E-state index in [9.17, 15) is 0 Å². The minimum Gasteiger partial charge on any atom is -0.308 e. The van der Waals surface area contributed by atoms with Gasteiger partial charge < -0.3 is 4.90 Å². The number of hydrazine groups is 2. The van der Waals surface area contributed by atoms with Crippen LogP contribution < -0.4 is 16.4 Å². The van der Waals surface area contributed by atoms with Gasteiger partial charge in [-0.1, -0.05) is 36.4 Å². The van der Waals surface area contributed by atoms with Crippen molar-refractivity contribution in [3.8, 4) is 0 Å². The van der Waals surface area contributed by atoms with Gasteiger partial charge in [0.2, 0.25) is 0 Å². The number of nitrogens with zero attached hydrogens (tertiary/aromatic N) is 2. The molecule has 1 saturated heterocycles. The average Bonchev–Trinajstić information content (AvgIpc) is 3.25. The Balaban J connectivity index is 1.66. The highest BCUT2D eigenvalue weighted by Gasteiger charge is 2.29. The van der Waals surface area contributed by atoms with Gasteiger partial charge in [-0.05, 0) is 31.1 Å². The zero-order chi connectivity index (χ0) is 16.8. The van der Waals surface area contributed by atoms with Crippen molar-refractivity contribution in [1.82, 2.24) is 26.2 Å². The van der Waals surface area contributed by atoms with Gasteiger partial charge in [0, 0.05) is 31.1 Å². The third-order valence-corrected chi connectivity index (χ3v) is 5.19. The second kappa shape index (κ2) is 8.71. The Kier molecular flexibility index (Phi) is 6.37. The fourth-order valence-electron chi connectivity index (χ4n) is 3.00. The topological polar surface area (TPSA) is 42.6 Å². The molecule has 0 bridgehead atoms. The lowest BCUT2D eigenvalue weighted by Gasteiger charge is -2.28. The molecule has 1 aromatic carbocycles. The lowest BCUT2D eigenvalue weighted by molar-refractivity contribution is 0.210. The minimum absolute atomic E-state index is 0.274. The smallest absolute Gasteiger partial charge is 0.0655 e. The highest BCUT2D eigenvalue weighted by atomic mass is 32.1. The van der Waals surface area contributed by atoms with Gasteiger partial charge in [0.15, 0.2) is 0 Å². The molecule has 0 aliphatic carbocycles. The van der Waals surface area contributed by atoms with E-state index in [1.165, 1.54) is 10.4 Å². The van der Waals surface area contributed by atoms with Gasteiger partial charge in [0.25, 0.3) is 0 Å². The summed E-state index contributed by atoms with van der Waals surface area (Å²) < 4.78 is 0. The summed E-state index contributed by atoms with van der Waals surface area (Å²) in [5, 5.41) is 2.16. The van der Waals surface area contributed by atoms with E-state index < -0.39 is 0 Å². The third kappa shape index (κ3) is 4.86. The van der Waals surface area contributed by atoms with Crippen LogP contribution in [0.1, 0.15) is 16.5 Å². The van der Waals surface area contributed by atoms with Crippen LogP contribution in [0.2, 0.25) is 0 Å². The van der Waals surface area contributed by atoms with Crippen molar-refractivity contribution in [2.75, 3.05) is 33.7 Å². The largest absolute Gasteiger partial charge is 0.308 e. The quantitative estimate of drug-likeness (QED) is 0.681. The number of thiophene rings is 1. The molecule has 3 N–H and O–H groups in total. The Labute approximate surface area is 148 Å². The first-order chi connectivity index (χ1) is 11.7. The maximum absolute atomic E-state index is 3.39. The number of rotatable bonds is 8. The van der Waals surface area contributed by atoms with Crippen LogP contribution >= 0.6 is 11.3 Å². The third-order valence-electron chi connectivity index (χ3n) is 4.32. The standard InChI is InChI=1S/C18H27N5S/c1-22(2)10-11-23(13-16-9-6-12-24-16)14-17-18(20-21-19-17)15-7-4-3-5-8-15/h3-9,12,17-21H,10-11,13-14H2,1-2H3. The van der Waals surface area contributed by atoms with Crippen LogP contribution in [-0.2, 0) is 6.54 Å². The second-order valence-electron chi connectivity index (χ2n) is 6.53. The molecular formula is C18H27N5S. The van der Waals surface area contributed by atoms with Crippen LogP contribution in [0.4, 0.5) is 0 Å². The molecule has 6 heteroatoms. The van der Waals surface area contributed by atoms with E-state index in [0.717, 1.165) is 26.2 Å². The van der Waals surface area contributed by atoms with Gasteiger partial charge in [-0.15, -0.1) is 11.3 Å². The molecule has 24 heavy (non-hydrogen) atoms. The van der Waals surface area contributed by atoms with E-state index in [2.05, 4.69) is 88.1 Å². The summed E-state index contributed by atoms with van der Waals surface area (Å²) in [4.78, 5) is 6.20. The van der Waals surface area contributed by atoms with E-state index in [4.69, 9.17) is 0 Å². The molecule has 1 aliphatic rings. The second-order valence-corrected chi connectivity index (χ2v) is 7.56. The van der Waals surface area contributed by atoms with E-state index in [-0.39, 0.29) is 6.04 Å². The van der Waals surface area contributed by atoms with Crippen LogP contribution in [-0.4, -0.2) is 49.6 Å². The fourth-order valence-corrected chi connectivity index (χ4v) is 3.75. The summed E-state index contributed by atoms with van der Waals surface area (Å²) >= 11 is 1.83. The van der Waals surface area contributed by atoms with Crippen LogP contribution in [0.15, 0.2) is 47.8 Å². The summed E-state index contributed by atoms with van der Waals surface area (Å²) in [6, 6.07) is 15.6. The number of benzene rings is 1. The molecule has 2 aromatic rings. The summed E-state index contributed by atoms with van der Waals surface area (Å²) in [6.45, 7) is 4.12. The number of hydrogen-bond donors (Lipinski definition) is 3. The van der Waals surface area contributed by atoms with Crippen LogP contribution in [0.25, 0.3) is 0 Å². The molecule has 2 atom stereocenters. The van der Waals surface area contributed by atoms with Crippen molar-refractivity contribution in [3.63, 3.8) is 0 Å². The first-order valence-electron chi connectivity index (χ1n) is 8.43. The van der Waals surface area contributed by atoms with E-state index >= 15 is 0 Å². The number of hydrogen-bond acceptors (Lipinski definition) is 6. The molecule has 0 radical (unpaired) electrons. The monoisotopic (exact) mass is 345 g/mol. The average molecular weight is 346 g/mol. The van der Waals surface area contributed by atoms with Gasteiger partial charge in [-0.3, -0.25) is 4.90 Å². The predicted octanol–water partition coefficient (Wildman–Crippen LogP) is 1.83. The van der Waals surface area contributed by atoms with Crippen molar-refractivity contribution < 1.29 is 0 Å². The Morgan fingerprint density at radius 3 is 2.54 bits per heavy atom. The van der Waals surface area contributed by atoms with Crippen molar-refractivity contribution in [3.05, 3.63) is 58.3 Å². The Bertz CT molecular complexity index is 587. The normalized spacial score (nSPS) is 21.0. The van der Waals surface area contributed by atoms with Gasteiger partial charge in [0.05, 0.1) is 12.1 Å². The zero-order valence-corrected chi connectivity index (χ0v) is 15.2. The molecule has 1 fully saturated rings. The van der Waals surface area contributed by atoms with Crippen LogP contribution in [0.3, 0.4) is 0 Å². The van der Waals surface area contributed by atoms with Crippen molar-refractivity contribution in [1.29, 1.82) is 0 Å². The van der Waals surface area contributed by atoms with Gasteiger partial charge >= 0.3 is 0 Å². The SMILES string of the molecule is CN(C)CCN(Cc1cccs1)CC1NNNC1c1ccccc1. The van der Waals surface area contributed by atoms with Crippen molar-refractivity contribution in [2.24, 2.45) is 0 Å². The molecule has 2 unspecified atom stereocenters. The summed E-state index contributed by atoms with van der Waals surface area (Å²) in [5.41, 5.74) is 11.2. The lowest BCUT2D eigenvalue weighted by Crippen LogP contribution is -2.43. The van der Waals surface area contributed by atoms with Gasteiger partial charge in [-0.2, -0.15) is 5.53 Å². The first-order valence-corrected chi connectivity index (χ1v) is 9.31. The Morgan fingerprint density at radius 2 is 1.83 bits per heavy atom. The summed E-state index contributed by atoms with van der Waals surface area (Å²) in [6.07, 6.45) is 0. The highest BCUT2D eigenvalue weighted by molar-refractivity contribution is 7.09. The minimum atomic E-state index is 0.274. The van der Waals surface area contributed by atoms with Crippen molar-refractivity contribution in [2.45, 2.75) is 18.6 Å². The maximum atomic E-state index is 3.39. The van der Waals surface area contributed by atoms with E-state index in [0.29, 0.717) is 6.04 Å². The van der Waals surface area contributed by atoms with Crippen LogP contribution in [0.5, 0.6) is 0 Å². The van der Waals surface area contributed by atoms with E-state index in [1.54, 1.807) is 0 Å². The Morgan fingerprint density at radius 1 is 1.00 bits per heavy atom. The number of nitrogens with one attached hydrogen (secondary N) is 3. The zero-order valence-electron chi connectivity index (χ0n) is 14.4. The predicted molar refractivity (Wildman–Crippen MR) is 101 cm³/mol. The summed E-state index contributed by atoms with van der Waals surface area (Å²) in [5.74, 6) is 0. The molecule has 3 rings (SSSR count). The summed E-state index contributed by atoms with van der Waals surface area (Å²) in [7, 11) is 4.26. The van der Waals surface area contributed by atoms with E-state index in [1.807, 2.05) is 11.3 Å². The first kappa shape index (κ1) is 17.5. The molecule has 0 amide bonds. The molecule has 130 valence electrons. The molecule has 1 aliphatic heterocycles. The highest BCUT2D eigenvalue weighted by Crippen LogP contribution is 2.20. The molecule has 5 nitrogen and oxygen atoms in total.